The summed E-state index contributed by atoms with van der Waals surface area (Å²) >= 11 is 0. The van der Waals surface area contributed by atoms with Gasteiger partial charge in [0.25, 0.3) is 5.91 Å². The highest BCUT2D eigenvalue weighted by molar-refractivity contribution is 6.03. The van der Waals surface area contributed by atoms with Crippen molar-refractivity contribution in [3.05, 3.63) is 53.9 Å². The largest absolute Gasteiger partial charge is 0.341 e. The molecular weight excluding hydrogens is 262 g/mol. The Balaban J connectivity index is 2.18. The van der Waals surface area contributed by atoms with Crippen LogP contribution in [0, 0.1) is 11.8 Å². The van der Waals surface area contributed by atoms with Crippen LogP contribution in [0.1, 0.15) is 35.9 Å². The summed E-state index contributed by atoms with van der Waals surface area (Å²) < 4.78 is 1.94. The highest BCUT2D eigenvalue weighted by atomic mass is 16.1. The Hall–Kier alpha value is -2.51. The lowest BCUT2D eigenvalue weighted by molar-refractivity contribution is 0.101. The van der Waals surface area contributed by atoms with E-state index >= 15 is 0 Å². The van der Waals surface area contributed by atoms with E-state index in [0.717, 1.165) is 11.3 Å². The van der Waals surface area contributed by atoms with Gasteiger partial charge in [-0.3, -0.25) is 4.79 Å². The van der Waals surface area contributed by atoms with Gasteiger partial charge >= 0.3 is 0 Å². The van der Waals surface area contributed by atoms with Crippen LogP contribution in [0.25, 0.3) is 0 Å². The number of benzene rings is 1. The fourth-order valence-corrected chi connectivity index (χ4v) is 2.06. The second-order valence-corrected chi connectivity index (χ2v) is 4.94. The zero-order valence-corrected chi connectivity index (χ0v) is 12.3. The van der Waals surface area contributed by atoms with Gasteiger partial charge in [-0.1, -0.05) is 17.9 Å². The van der Waals surface area contributed by atoms with Crippen LogP contribution >= 0.6 is 0 Å². The molecule has 108 valence electrons. The number of aromatic nitrogens is 1. The second-order valence-electron chi connectivity index (χ2n) is 4.94. The molecule has 0 unspecified atom stereocenters. The lowest BCUT2D eigenvalue weighted by atomic mass is 10.2. The van der Waals surface area contributed by atoms with Crippen molar-refractivity contribution >= 4 is 11.6 Å². The van der Waals surface area contributed by atoms with Crippen LogP contribution in [0.2, 0.25) is 0 Å². The summed E-state index contributed by atoms with van der Waals surface area (Å²) in [7, 11) is 0. The number of nitrogens with zero attached hydrogens (tertiary/aromatic N) is 1. The third-order valence-corrected chi connectivity index (χ3v) is 3.02. The minimum absolute atomic E-state index is 0.127. The van der Waals surface area contributed by atoms with Crippen molar-refractivity contribution in [3.8, 4) is 11.8 Å². The van der Waals surface area contributed by atoms with Crippen LogP contribution < -0.4 is 11.1 Å². The van der Waals surface area contributed by atoms with Crippen molar-refractivity contribution in [2.24, 2.45) is 5.73 Å². The van der Waals surface area contributed by atoms with Crippen molar-refractivity contribution in [1.29, 1.82) is 0 Å². The lowest BCUT2D eigenvalue weighted by Gasteiger charge is -2.13. The molecule has 0 spiro atoms. The molecule has 1 aromatic carbocycles. The highest BCUT2D eigenvalue weighted by Crippen LogP contribution is 2.15. The fraction of sp³-hybridized carbons (Fsp3) is 0.235. The van der Waals surface area contributed by atoms with Gasteiger partial charge in [0, 0.05) is 23.5 Å². The Labute approximate surface area is 125 Å². The molecule has 0 fully saturated rings. The molecule has 2 aromatic rings. The smallest absolute Gasteiger partial charge is 0.272 e. The van der Waals surface area contributed by atoms with E-state index in [4.69, 9.17) is 5.73 Å². The number of carbonyl (C=O) groups excluding carboxylic acids is 1. The van der Waals surface area contributed by atoms with Crippen LogP contribution in [-0.2, 0) is 0 Å². The Morgan fingerprint density at radius 3 is 2.86 bits per heavy atom. The van der Waals surface area contributed by atoms with Crippen molar-refractivity contribution in [2.75, 3.05) is 11.9 Å². The van der Waals surface area contributed by atoms with E-state index in [9.17, 15) is 4.79 Å². The Morgan fingerprint density at radius 1 is 1.33 bits per heavy atom. The number of anilines is 1. The molecule has 1 heterocycles. The normalized spacial score (nSPS) is 10.1. The van der Waals surface area contributed by atoms with Crippen LogP contribution in [0.5, 0.6) is 0 Å². The summed E-state index contributed by atoms with van der Waals surface area (Å²) in [4.78, 5) is 12.3. The molecule has 2 rings (SSSR count). The number of carbonyl (C=O) groups is 1. The van der Waals surface area contributed by atoms with Gasteiger partial charge in [0.05, 0.1) is 6.54 Å². The average Bonchev–Trinajstić information content (AvgIpc) is 2.95. The minimum atomic E-state index is -0.127. The first-order valence-electron chi connectivity index (χ1n) is 6.89. The molecule has 4 heteroatoms. The van der Waals surface area contributed by atoms with E-state index in [1.807, 2.05) is 61.0 Å². The molecular formula is C17H19N3O. The van der Waals surface area contributed by atoms with Gasteiger partial charge < -0.3 is 15.6 Å². The van der Waals surface area contributed by atoms with E-state index in [-0.39, 0.29) is 11.9 Å². The molecule has 0 radical (unpaired) electrons. The van der Waals surface area contributed by atoms with Crippen molar-refractivity contribution in [2.45, 2.75) is 19.9 Å². The topological polar surface area (TPSA) is 60.0 Å². The number of hydrogen-bond acceptors (Lipinski definition) is 2. The summed E-state index contributed by atoms with van der Waals surface area (Å²) in [6.07, 6.45) is 1.91. The maximum absolute atomic E-state index is 12.3. The molecule has 0 saturated carbocycles. The second kappa shape index (κ2) is 6.78. The molecule has 0 aliphatic carbocycles. The maximum atomic E-state index is 12.3. The lowest BCUT2D eigenvalue weighted by Crippen LogP contribution is -2.17. The van der Waals surface area contributed by atoms with Crippen molar-refractivity contribution < 1.29 is 4.79 Å². The molecule has 0 atom stereocenters. The SMILES string of the molecule is CC(C)n1cccc1C(=O)Nc1cccc(C#CCN)c1. The predicted molar refractivity (Wildman–Crippen MR) is 85.1 cm³/mol. The van der Waals surface area contributed by atoms with Crippen molar-refractivity contribution in [1.82, 2.24) is 4.57 Å². The number of nitrogens with one attached hydrogen (secondary N) is 1. The summed E-state index contributed by atoms with van der Waals surface area (Å²) in [5.41, 5.74) is 7.55. The number of rotatable bonds is 3. The zero-order chi connectivity index (χ0) is 15.2. The van der Waals surface area contributed by atoms with Crippen LogP contribution in [0.4, 0.5) is 5.69 Å². The summed E-state index contributed by atoms with van der Waals surface area (Å²) in [5.74, 6) is 5.62. The number of nitrogens with two attached hydrogens (primary N) is 1. The van der Waals surface area contributed by atoms with Crippen LogP contribution in [0.3, 0.4) is 0 Å². The van der Waals surface area contributed by atoms with Crippen LogP contribution in [-0.4, -0.2) is 17.0 Å². The predicted octanol–water partition coefficient (Wildman–Crippen LogP) is 2.63. The fourth-order valence-electron chi connectivity index (χ4n) is 2.06. The van der Waals surface area contributed by atoms with Gasteiger partial charge in [-0.05, 0) is 44.2 Å². The highest BCUT2D eigenvalue weighted by Gasteiger charge is 2.12. The van der Waals surface area contributed by atoms with E-state index in [1.165, 1.54) is 0 Å². The monoisotopic (exact) mass is 281 g/mol. The Morgan fingerprint density at radius 2 is 2.14 bits per heavy atom. The Kier molecular flexibility index (Phi) is 4.81. The van der Waals surface area contributed by atoms with Gasteiger partial charge in [0.1, 0.15) is 5.69 Å². The standard InChI is InChI=1S/C17H19N3O/c1-13(2)20-11-5-9-16(20)17(21)19-15-8-3-6-14(12-15)7-4-10-18/h3,5-6,8-9,11-13H,10,18H2,1-2H3,(H,19,21). The average molecular weight is 281 g/mol. The van der Waals surface area contributed by atoms with Gasteiger partial charge in [-0.15, -0.1) is 0 Å². The number of hydrogen-bond donors (Lipinski definition) is 2. The first-order chi connectivity index (χ1) is 10.1. The third kappa shape index (κ3) is 3.74. The molecule has 0 saturated heterocycles. The van der Waals surface area contributed by atoms with E-state index < -0.39 is 0 Å². The Bertz CT molecular complexity index is 689. The molecule has 3 N–H and O–H groups in total. The number of amides is 1. The maximum Gasteiger partial charge on any atom is 0.272 e. The summed E-state index contributed by atoms with van der Waals surface area (Å²) in [5, 5.41) is 2.90. The first kappa shape index (κ1) is 14.9. The minimum Gasteiger partial charge on any atom is -0.341 e. The molecule has 0 bridgehead atoms. The van der Waals surface area contributed by atoms with E-state index in [1.54, 1.807) is 0 Å². The summed E-state index contributed by atoms with van der Waals surface area (Å²) in [6.45, 7) is 4.40. The van der Waals surface area contributed by atoms with E-state index in [0.29, 0.717) is 12.2 Å². The molecule has 21 heavy (non-hydrogen) atoms. The molecule has 1 amide bonds. The van der Waals surface area contributed by atoms with E-state index in [2.05, 4.69) is 17.2 Å². The van der Waals surface area contributed by atoms with Gasteiger partial charge in [0.15, 0.2) is 0 Å². The summed E-state index contributed by atoms with van der Waals surface area (Å²) in [6, 6.07) is 11.3. The molecule has 1 aromatic heterocycles. The molecule has 0 aliphatic heterocycles. The first-order valence-corrected chi connectivity index (χ1v) is 6.89. The molecule has 4 nitrogen and oxygen atoms in total. The van der Waals surface area contributed by atoms with Crippen LogP contribution in [0.15, 0.2) is 42.6 Å². The third-order valence-electron chi connectivity index (χ3n) is 3.02. The van der Waals surface area contributed by atoms with Gasteiger partial charge in [0.2, 0.25) is 0 Å². The quantitative estimate of drug-likeness (QED) is 0.850. The van der Waals surface area contributed by atoms with Gasteiger partial charge in [-0.2, -0.15) is 0 Å². The zero-order valence-electron chi connectivity index (χ0n) is 12.3. The van der Waals surface area contributed by atoms with Gasteiger partial charge in [-0.25, -0.2) is 0 Å². The van der Waals surface area contributed by atoms with Crippen molar-refractivity contribution in [3.63, 3.8) is 0 Å². The molecule has 0 aliphatic rings.